The second-order valence-electron chi connectivity index (χ2n) is 5.20. The number of methoxy groups -OCH3 is 1. The third kappa shape index (κ3) is 3.52. The van der Waals surface area contributed by atoms with Gasteiger partial charge in [0.2, 0.25) is 0 Å². The van der Waals surface area contributed by atoms with Crippen molar-refractivity contribution in [3.05, 3.63) is 59.7 Å². The van der Waals surface area contributed by atoms with Gasteiger partial charge in [-0.15, -0.1) is 0 Å². The van der Waals surface area contributed by atoms with Gasteiger partial charge >= 0.3 is 0 Å². The van der Waals surface area contributed by atoms with Crippen LogP contribution in [0.3, 0.4) is 0 Å². The van der Waals surface area contributed by atoms with E-state index < -0.39 is 5.60 Å². The molecule has 0 aliphatic rings. The molecule has 0 bridgehead atoms. The monoisotopic (exact) mass is 272 g/mol. The van der Waals surface area contributed by atoms with Crippen LogP contribution in [0.5, 0.6) is 11.5 Å². The van der Waals surface area contributed by atoms with E-state index in [0.717, 1.165) is 11.1 Å². The normalized spacial score (nSPS) is 11.2. The maximum absolute atomic E-state index is 10.0. The Morgan fingerprint density at radius 3 is 2.30 bits per heavy atom. The van der Waals surface area contributed by atoms with Crippen LogP contribution in [0.1, 0.15) is 25.0 Å². The lowest BCUT2D eigenvalue weighted by atomic mass is 9.98. The van der Waals surface area contributed by atoms with Crippen molar-refractivity contribution in [1.82, 2.24) is 0 Å². The molecule has 0 aromatic heterocycles. The Kier molecular flexibility index (Phi) is 4.30. The van der Waals surface area contributed by atoms with Gasteiger partial charge in [-0.1, -0.05) is 36.4 Å². The van der Waals surface area contributed by atoms with Gasteiger partial charge in [0, 0.05) is 0 Å². The van der Waals surface area contributed by atoms with Crippen molar-refractivity contribution in [3.8, 4) is 11.5 Å². The average molecular weight is 272 g/mol. The number of hydrogen-bond donors (Lipinski definition) is 1. The largest absolute Gasteiger partial charge is 0.493 e. The zero-order chi connectivity index (χ0) is 14.6. The van der Waals surface area contributed by atoms with Crippen molar-refractivity contribution >= 4 is 0 Å². The Morgan fingerprint density at radius 2 is 1.70 bits per heavy atom. The Hall–Kier alpha value is -2.00. The molecule has 3 nitrogen and oxygen atoms in total. The van der Waals surface area contributed by atoms with Gasteiger partial charge in [0.25, 0.3) is 0 Å². The maximum Gasteiger partial charge on any atom is 0.161 e. The molecular weight excluding hydrogens is 252 g/mol. The molecule has 0 spiro atoms. The molecule has 106 valence electrons. The predicted octanol–water partition coefficient (Wildman–Crippen LogP) is 3.50. The second-order valence-corrected chi connectivity index (χ2v) is 5.20. The summed E-state index contributed by atoms with van der Waals surface area (Å²) in [6, 6.07) is 15.4. The summed E-state index contributed by atoms with van der Waals surface area (Å²) in [6.07, 6.45) is 0. The van der Waals surface area contributed by atoms with E-state index >= 15 is 0 Å². The summed E-state index contributed by atoms with van der Waals surface area (Å²) in [5.74, 6) is 1.30. The van der Waals surface area contributed by atoms with Crippen LogP contribution in [0.4, 0.5) is 0 Å². The van der Waals surface area contributed by atoms with Crippen LogP contribution in [0.15, 0.2) is 48.5 Å². The number of hydrogen-bond acceptors (Lipinski definition) is 3. The molecule has 0 saturated carbocycles. The molecule has 0 unspecified atom stereocenters. The number of aliphatic hydroxyl groups is 1. The highest BCUT2D eigenvalue weighted by Crippen LogP contribution is 2.32. The fourth-order valence-corrected chi connectivity index (χ4v) is 1.90. The third-order valence-electron chi connectivity index (χ3n) is 3.11. The molecule has 20 heavy (non-hydrogen) atoms. The van der Waals surface area contributed by atoms with E-state index in [1.54, 1.807) is 27.0 Å². The van der Waals surface area contributed by atoms with Crippen LogP contribution >= 0.6 is 0 Å². The fraction of sp³-hybridized carbons (Fsp3) is 0.294. The summed E-state index contributed by atoms with van der Waals surface area (Å²) in [5.41, 5.74) is 0.994. The van der Waals surface area contributed by atoms with Crippen molar-refractivity contribution in [2.75, 3.05) is 7.11 Å². The van der Waals surface area contributed by atoms with Crippen molar-refractivity contribution in [1.29, 1.82) is 0 Å². The van der Waals surface area contributed by atoms with Crippen LogP contribution in [-0.2, 0) is 12.2 Å². The van der Waals surface area contributed by atoms with Gasteiger partial charge < -0.3 is 14.6 Å². The molecule has 0 saturated heterocycles. The summed E-state index contributed by atoms with van der Waals surface area (Å²) in [4.78, 5) is 0. The lowest BCUT2D eigenvalue weighted by Gasteiger charge is -2.20. The first kappa shape index (κ1) is 14.4. The highest BCUT2D eigenvalue weighted by atomic mass is 16.5. The molecule has 2 aromatic rings. The van der Waals surface area contributed by atoms with E-state index in [4.69, 9.17) is 9.47 Å². The first-order valence-corrected chi connectivity index (χ1v) is 6.58. The van der Waals surface area contributed by atoms with Gasteiger partial charge in [0.1, 0.15) is 6.61 Å². The number of rotatable bonds is 5. The molecule has 0 amide bonds. The van der Waals surface area contributed by atoms with Gasteiger partial charge in [-0.25, -0.2) is 0 Å². The molecule has 0 aliphatic heterocycles. The Balaban J connectivity index is 2.16. The maximum atomic E-state index is 10.0. The van der Waals surface area contributed by atoms with Crippen LogP contribution in [-0.4, -0.2) is 12.2 Å². The Bertz CT molecular complexity index is 556. The minimum atomic E-state index is -0.898. The molecule has 1 N–H and O–H groups in total. The highest BCUT2D eigenvalue weighted by Gasteiger charge is 2.18. The van der Waals surface area contributed by atoms with Gasteiger partial charge in [-0.2, -0.15) is 0 Å². The van der Waals surface area contributed by atoms with E-state index in [1.807, 2.05) is 42.5 Å². The quantitative estimate of drug-likeness (QED) is 0.905. The average Bonchev–Trinajstić information content (AvgIpc) is 2.45. The van der Waals surface area contributed by atoms with Crippen LogP contribution in [0.2, 0.25) is 0 Å². The molecule has 3 heteroatoms. The standard InChI is InChI=1S/C17H20O3/c1-17(2,18)14-9-10-15(16(11-14)19-3)20-12-13-7-5-4-6-8-13/h4-11,18H,12H2,1-3H3. The first-order chi connectivity index (χ1) is 9.50. The van der Waals surface area contributed by atoms with E-state index in [9.17, 15) is 5.11 Å². The van der Waals surface area contributed by atoms with Crippen LogP contribution < -0.4 is 9.47 Å². The van der Waals surface area contributed by atoms with E-state index in [0.29, 0.717) is 18.1 Å². The van der Waals surface area contributed by atoms with Crippen LogP contribution in [0, 0.1) is 0 Å². The SMILES string of the molecule is COc1cc(C(C)(C)O)ccc1OCc1ccccc1. The third-order valence-corrected chi connectivity index (χ3v) is 3.11. The highest BCUT2D eigenvalue weighted by molar-refractivity contribution is 5.44. The summed E-state index contributed by atoms with van der Waals surface area (Å²) in [5, 5.41) is 10.0. The molecular formula is C17H20O3. The smallest absolute Gasteiger partial charge is 0.161 e. The molecule has 2 rings (SSSR count). The minimum Gasteiger partial charge on any atom is -0.493 e. The van der Waals surface area contributed by atoms with Crippen molar-refractivity contribution in [2.45, 2.75) is 26.1 Å². The topological polar surface area (TPSA) is 38.7 Å². The summed E-state index contributed by atoms with van der Waals surface area (Å²) in [6.45, 7) is 3.97. The van der Waals surface area contributed by atoms with Gasteiger partial charge in [0.05, 0.1) is 12.7 Å². The molecule has 0 fully saturated rings. The molecule has 2 aromatic carbocycles. The Morgan fingerprint density at radius 1 is 1.00 bits per heavy atom. The van der Waals surface area contributed by atoms with Crippen molar-refractivity contribution in [3.63, 3.8) is 0 Å². The van der Waals surface area contributed by atoms with Gasteiger partial charge in [-0.05, 0) is 37.1 Å². The first-order valence-electron chi connectivity index (χ1n) is 6.58. The molecule has 0 aliphatic carbocycles. The van der Waals surface area contributed by atoms with Gasteiger partial charge in [-0.3, -0.25) is 0 Å². The van der Waals surface area contributed by atoms with Crippen molar-refractivity contribution in [2.24, 2.45) is 0 Å². The second kappa shape index (κ2) is 5.97. The van der Waals surface area contributed by atoms with Crippen LogP contribution in [0.25, 0.3) is 0 Å². The van der Waals surface area contributed by atoms with Gasteiger partial charge in [0.15, 0.2) is 11.5 Å². The number of ether oxygens (including phenoxy) is 2. The molecule has 0 heterocycles. The lowest BCUT2D eigenvalue weighted by molar-refractivity contribution is 0.0782. The number of benzene rings is 2. The van der Waals surface area contributed by atoms with E-state index in [-0.39, 0.29) is 0 Å². The van der Waals surface area contributed by atoms with E-state index in [1.165, 1.54) is 0 Å². The fourth-order valence-electron chi connectivity index (χ4n) is 1.90. The summed E-state index contributed by atoms with van der Waals surface area (Å²) < 4.78 is 11.1. The molecule has 0 radical (unpaired) electrons. The zero-order valence-corrected chi connectivity index (χ0v) is 12.1. The zero-order valence-electron chi connectivity index (χ0n) is 12.1. The van der Waals surface area contributed by atoms with E-state index in [2.05, 4.69) is 0 Å². The lowest BCUT2D eigenvalue weighted by Crippen LogP contribution is -2.15. The minimum absolute atomic E-state index is 0.485. The summed E-state index contributed by atoms with van der Waals surface area (Å²) >= 11 is 0. The van der Waals surface area contributed by atoms with Crippen molar-refractivity contribution < 1.29 is 14.6 Å². The Labute approximate surface area is 119 Å². The summed E-state index contributed by atoms with van der Waals surface area (Å²) in [7, 11) is 1.60. The predicted molar refractivity (Wildman–Crippen MR) is 79.0 cm³/mol. The molecule has 0 atom stereocenters.